The fourth-order valence-corrected chi connectivity index (χ4v) is 3.25. The highest BCUT2D eigenvalue weighted by molar-refractivity contribution is 6.31. The highest BCUT2D eigenvalue weighted by atomic mass is 35.5. The van der Waals surface area contributed by atoms with E-state index < -0.39 is 0 Å². The minimum Gasteiger partial charge on any atom is -0.379 e. The van der Waals surface area contributed by atoms with E-state index in [4.69, 9.17) is 16.3 Å². The second-order valence-electron chi connectivity index (χ2n) is 5.84. The summed E-state index contributed by atoms with van der Waals surface area (Å²) in [6, 6.07) is 8.37. The maximum atomic E-state index is 6.44. The SMILES string of the molecule is Cn1cc(CNCC(c2ccccc2Cl)N2CCOCC2)cn1. The summed E-state index contributed by atoms with van der Waals surface area (Å²) in [5.74, 6) is 0. The van der Waals surface area contributed by atoms with Crippen LogP contribution < -0.4 is 5.32 Å². The standard InChI is InChI=1S/C17H23ClN4O/c1-21-13-14(11-20-21)10-19-12-17(22-6-8-23-9-7-22)15-4-2-3-5-16(15)18/h2-5,11,13,17,19H,6-10,12H2,1H3. The Bertz CT molecular complexity index is 625. The summed E-state index contributed by atoms with van der Waals surface area (Å²) < 4.78 is 7.31. The molecule has 1 saturated heterocycles. The lowest BCUT2D eigenvalue weighted by Crippen LogP contribution is -2.42. The van der Waals surface area contributed by atoms with E-state index in [1.807, 2.05) is 36.3 Å². The summed E-state index contributed by atoms with van der Waals surface area (Å²) in [6.45, 7) is 5.08. The molecule has 1 fully saturated rings. The van der Waals surface area contributed by atoms with Gasteiger partial charge in [-0.15, -0.1) is 0 Å². The fourth-order valence-electron chi connectivity index (χ4n) is 2.99. The summed E-state index contributed by atoms with van der Waals surface area (Å²) in [5.41, 5.74) is 2.36. The molecule has 1 aliphatic rings. The summed E-state index contributed by atoms with van der Waals surface area (Å²) in [6.07, 6.45) is 3.93. The quantitative estimate of drug-likeness (QED) is 0.879. The number of morpholine rings is 1. The Morgan fingerprint density at radius 3 is 2.78 bits per heavy atom. The number of hydrogen-bond donors (Lipinski definition) is 1. The Labute approximate surface area is 142 Å². The molecule has 0 radical (unpaired) electrons. The molecule has 0 amide bonds. The van der Waals surface area contributed by atoms with E-state index in [0.29, 0.717) is 0 Å². The Kier molecular flexibility index (Phi) is 5.67. The first-order chi connectivity index (χ1) is 11.2. The van der Waals surface area contributed by atoms with Gasteiger partial charge in [0.05, 0.1) is 19.4 Å². The van der Waals surface area contributed by atoms with Crippen molar-refractivity contribution < 1.29 is 4.74 Å². The molecule has 5 nitrogen and oxygen atoms in total. The topological polar surface area (TPSA) is 42.3 Å². The van der Waals surface area contributed by atoms with Gasteiger partial charge >= 0.3 is 0 Å². The zero-order chi connectivity index (χ0) is 16.1. The second kappa shape index (κ2) is 7.93. The molecule has 0 spiro atoms. The van der Waals surface area contributed by atoms with Crippen LogP contribution in [0, 0.1) is 0 Å². The van der Waals surface area contributed by atoms with Gasteiger partial charge in [-0.1, -0.05) is 29.8 Å². The molecule has 6 heteroatoms. The predicted molar refractivity (Wildman–Crippen MR) is 91.5 cm³/mol. The number of hydrogen-bond acceptors (Lipinski definition) is 4. The van der Waals surface area contributed by atoms with Crippen LogP contribution in [0.25, 0.3) is 0 Å². The molecular weight excluding hydrogens is 312 g/mol. The van der Waals surface area contributed by atoms with E-state index in [1.165, 1.54) is 11.1 Å². The molecule has 1 aliphatic heterocycles. The molecule has 0 aliphatic carbocycles. The highest BCUT2D eigenvalue weighted by Gasteiger charge is 2.23. The smallest absolute Gasteiger partial charge is 0.0594 e. The summed E-state index contributed by atoms with van der Waals surface area (Å²) in [5, 5.41) is 8.57. The summed E-state index contributed by atoms with van der Waals surface area (Å²) >= 11 is 6.44. The Balaban J connectivity index is 1.68. The average Bonchev–Trinajstić information content (AvgIpc) is 2.99. The Morgan fingerprint density at radius 1 is 1.30 bits per heavy atom. The molecule has 1 aromatic carbocycles. The van der Waals surface area contributed by atoms with Crippen molar-refractivity contribution >= 4 is 11.6 Å². The maximum absolute atomic E-state index is 6.44. The molecule has 1 N–H and O–H groups in total. The number of benzene rings is 1. The van der Waals surface area contributed by atoms with E-state index in [-0.39, 0.29) is 6.04 Å². The van der Waals surface area contributed by atoms with Crippen LogP contribution in [-0.4, -0.2) is 47.5 Å². The van der Waals surface area contributed by atoms with Gasteiger partial charge in [-0.05, 0) is 11.6 Å². The molecule has 2 heterocycles. The van der Waals surface area contributed by atoms with Crippen LogP contribution in [0.3, 0.4) is 0 Å². The van der Waals surface area contributed by atoms with Gasteiger partial charge in [0.1, 0.15) is 0 Å². The molecule has 3 rings (SSSR count). The second-order valence-corrected chi connectivity index (χ2v) is 6.25. The first kappa shape index (κ1) is 16.5. The lowest BCUT2D eigenvalue weighted by molar-refractivity contribution is 0.0161. The van der Waals surface area contributed by atoms with Crippen molar-refractivity contribution in [3.63, 3.8) is 0 Å². The van der Waals surface area contributed by atoms with Crippen molar-refractivity contribution in [3.8, 4) is 0 Å². The largest absolute Gasteiger partial charge is 0.379 e. The van der Waals surface area contributed by atoms with Crippen molar-refractivity contribution in [2.75, 3.05) is 32.8 Å². The molecule has 23 heavy (non-hydrogen) atoms. The van der Waals surface area contributed by atoms with Crippen LogP contribution in [0.5, 0.6) is 0 Å². The van der Waals surface area contributed by atoms with Crippen LogP contribution in [0.1, 0.15) is 17.2 Å². The first-order valence-corrected chi connectivity index (χ1v) is 8.36. The lowest BCUT2D eigenvalue weighted by Gasteiger charge is -2.35. The normalized spacial score (nSPS) is 17.3. The van der Waals surface area contributed by atoms with Gasteiger partial charge in [0.25, 0.3) is 0 Å². The monoisotopic (exact) mass is 334 g/mol. The Hall–Kier alpha value is -1.40. The van der Waals surface area contributed by atoms with Crippen molar-refractivity contribution in [2.45, 2.75) is 12.6 Å². The number of aryl methyl sites for hydroxylation is 1. The van der Waals surface area contributed by atoms with E-state index in [0.717, 1.165) is 44.4 Å². The molecule has 124 valence electrons. The summed E-state index contributed by atoms with van der Waals surface area (Å²) in [4.78, 5) is 2.45. The zero-order valence-electron chi connectivity index (χ0n) is 13.4. The van der Waals surface area contributed by atoms with Gasteiger partial charge in [0.15, 0.2) is 0 Å². The molecule has 1 unspecified atom stereocenters. The third-order valence-electron chi connectivity index (χ3n) is 4.18. The molecule has 1 atom stereocenters. The summed E-state index contributed by atoms with van der Waals surface area (Å²) in [7, 11) is 1.93. The average molecular weight is 335 g/mol. The number of rotatable bonds is 6. The molecule has 0 saturated carbocycles. The van der Waals surface area contributed by atoms with Gasteiger partial charge in [0, 0.05) is 56.1 Å². The van der Waals surface area contributed by atoms with E-state index in [1.54, 1.807) is 0 Å². The number of halogens is 1. The molecule has 1 aromatic heterocycles. The fraction of sp³-hybridized carbons (Fsp3) is 0.471. The van der Waals surface area contributed by atoms with Crippen LogP contribution in [-0.2, 0) is 18.3 Å². The van der Waals surface area contributed by atoms with Crippen LogP contribution in [0.4, 0.5) is 0 Å². The number of nitrogens with zero attached hydrogens (tertiary/aromatic N) is 3. The molecule has 2 aromatic rings. The van der Waals surface area contributed by atoms with E-state index >= 15 is 0 Å². The van der Waals surface area contributed by atoms with Gasteiger partial charge in [-0.25, -0.2) is 0 Å². The van der Waals surface area contributed by atoms with E-state index in [2.05, 4.69) is 27.4 Å². The molecule has 0 bridgehead atoms. The van der Waals surface area contributed by atoms with Crippen molar-refractivity contribution in [2.24, 2.45) is 7.05 Å². The van der Waals surface area contributed by atoms with Gasteiger partial charge < -0.3 is 10.1 Å². The number of aromatic nitrogens is 2. The van der Waals surface area contributed by atoms with Crippen LogP contribution in [0.15, 0.2) is 36.7 Å². The minimum atomic E-state index is 0.254. The van der Waals surface area contributed by atoms with Crippen LogP contribution in [0.2, 0.25) is 5.02 Å². The van der Waals surface area contributed by atoms with Gasteiger partial charge in [-0.2, -0.15) is 5.10 Å². The number of ether oxygens (including phenoxy) is 1. The Morgan fingerprint density at radius 2 is 2.09 bits per heavy atom. The molecular formula is C17H23ClN4O. The van der Waals surface area contributed by atoms with E-state index in [9.17, 15) is 0 Å². The maximum Gasteiger partial charge on any atom is 0.0594 e. The van der Waals surface area contributed by atoms with Crippen molar-refractivity contribution in [3.05, 3.63) is 52.8 Å². The van der Waals surface area contributed by atoms with Crippen LogP contribution >= 0.6 is 11.6 Å². The lowest BCUT2D eigenvalue weighted by atomic mass is 10.0. The zero-order valence-corrected chi connectivity index (χ0v) is 14.2. The highest BCUT2D eigenvalue weighted by Crippen LogP contribution is 2.27. The van der Waals surface area contributed by atoms with Crippen molar-refractivity contribution in [1.29, 1.82) is 0 Å². The van der Waals surface area contributed by atoms with Gasteiger partial charge in [-0.3, -0.25) is 9.58 Å². The predicted octanol–water partition coefficient (Wildman–Crippen LogP) is 2.24. The minimum absolute atomic E-state index is 0.254. The third kappa shape index (κ3) is 4.32. The van der Waals surface area contributed by atoms with Crippen molar-refractivity contribution in [1.82, 2.24) is 20.0 Å². The van der Waals surface area contributed by atoms with Gasteiger partial charge in [0.2, 0.25) is 0 Å². The third-order valence-corrected chi connectivity index (χ3v) is 4.52. The number of nitrogens with one attached hydrogen (secondary N) is 1. The first-order valence-electron chi connectivity index (χ1n) is 7.98.